The van der Waals surface area contributed by atoms with Crippen LogP contribution in [0.15, 0.2) is 30.9 Å². The lowest BCUT2D eigenvalue weighted by atomic mass is 10.2. The Kier molecular flexibility index (Phi) is 6.51. The third-order valence-corrected chi connectivity index (χ3v) is 4.58. The van der Waals surface area contributed by atoms with E-state index < -0.39 is 0 Å². The molecule has 1 fully saturated rings. The highest BCUT2D eigenvalue weighted by Crippen LogP contribution is 2.17. The summed E-state index contributed by atoms with van der Waals surface area (Å²) in [5, 5.41) is 0. The van der Waals surface area contributed by atoms with Gasteiger partial charge in [0.1, 0.15) is 17.8 Å². The van der Waals surface area contributed by atoms with Gasteiger partial charge in [-0.1, -0.05) is 13.8 Å². The largest absolute Gasteiger partial charge is 0.353 e. The molecule has 8 heteroatoms. The highest BCUT2D eigenvalue weighted by atomic mass is 16.2. The van der Waals surface area contributed by atoms with Crippen molar-refractivity contribution in [3.63, 3.8) is 0 Å². The normalized spacial score (nSPS) is 14.3. The summed E-state index contributed by atoms with van der Waals surface area (Å²) in [6.45, 7) is 8.90. The van der Waals surface area contributed by atoms with Gasteiger partial charge in [0.2, 0.25) is 5.95 Å². The van der Waals surface area contributed by atoms with Gasteiger partial charge in [-0.05, 0) is 18.9 Å². The molecule has 8 nitrogen and oxygen atoms in total. The van der Waals surface area contributed by atoms with Crippen molar-refractivity contribution in [1.82, 2.24) is 24.8 Å². The summed E-state index contributed by atoms with van der Waals surface area (Å²) < 4.78 is 0. The van der Waals surface area contributed by atoms with E-state index in [2.05, 4.69) is 43.6 Å². The van der Waals surface area contributed by atoms with E-state index in [0.29, 0.717) is 5.69 Å². The Hall–Kier alpha value is -2.77. The number of rotatable bonds is 7. The van der Waals surface area contributed by atoms with Gasteiger partial charge in [0.25, 0.3) is 5.91 Å². The molecule has 0 radical (unpaired) electrons. The van der Waals surface area contributed by atoms with Crippen molar-refractivity contribution in [1.29, 1.82) is 0 Å². The maximum atomic E-state index is 12.8. The maximum absolute atomic E-state index is 12.8. The molecule has 3 rings (SSSR count). The molecule has 0 N–H and O–H groups in total. The minimum absolute atomic E-state index is 0.0151. The minimum Gasteiger partial charge on any atom is -0.353 e. The van der Waals surface area contributed by atoms with Gasteiger partial charge in [-0.2, -0.15) is 0 Å². The number of carbonyl (C=O) groups is 1. The first-order valence-corrected chi connectivity index (χ1v) is 9.61. The Bertz CT molecular complexity index is 726. The monoisotopic (exact) mass is 369 g/mol. The van der Waals surface area contributed by atoms with Gasteiger partial charge in [0.15, 0.2) is 0 Å². The topological polar surface area (TPSA) is 78.4 Å². The van der Waals surface area contributed by atoms with Crippen molar-refractivity contribution in [3.05, 3.63) is 36.5 Å². The fraction of sp³-hybridized carbons (Fsp3) is 0.526. The van der Waals surface area contributed by atoms with Crippen LogP contribution in [0.2, 0.25) is 0 Å². The fourth-order valence-corrected chi connectivity index (χ4v) is 3.24. The molecule has 2 aromatic heterocycles. The highest BCUT2D eigenvalue weighted by molar-refractivity contribution is 5.92. The van der Waals surface area contributed by atoms with Crippen LogP contribution in [0.5, 0.6) is 0 Å². The fourth-order valence-electron chi connectivity index (χ4n) is 3.24. The zero-order valence-corrected chi connectivity index (χ0v) is 16.1. The summed E-state index contributed by atoms with van der Waals surface area (Å²) >= 11 is 0. The summed E-state index contributed by atoms with van der Waals surface area (Å²) in [6, 6.07) is 3.63. The van der Waals surface area contributed by atoms with E-state index in [-0.39, 0.29) is 5.91 Å². The Balaban J connectivity index is 1.66. The van der Waals surface area contributed by atoms with E-state index in [0.717, 1.165) is 63.9 Å². The number of nitrogens with zero attached hydrogens (tertiary/aromatic N) is 7. The molecule has 0 aliphatic carbocycles. The molecule has 0 aromatic carbocycles. The van der Waals surface area contributed by atoms with Crippen LogP contribution < -0.4 is 9.80 Å². The van der Waals surface area contributed by atoms with E-state index in [1.54, 1.807) is 12.4 Å². The van der Waals surface area contributed by atoms with Crippen molar-refractivity contribution < 1.29 is 4.79 Å². The zero-order chi connectivity index (χ0) is 19.1. The number of hydrogen-bond donors (Lipinski definition) is 0. The van der Waals surface area contributed by atoms with Crippen LogP contribution >= 0.6 is 0 Å². The van der Waals surface area contributed by atoms with Crippen molar-refractivity contribution in [2.45, 2.75) is 26.7 Å². The summed E-state index contributed by atoms with van der Waals surface area (Å²) in [5.41, 5.74) is 0.468. The number of piperazine rings is 1. The van der Waals surface area contributed by atoms with Crippen LogP contribution in [-0.4, -0.2) is 70.0 Å². The number of anilines is 2. The molecule has 0 spiro atoms. The molecule has 0 saturated carbocycles. The molecule has 1 aliphatic heterocycles. The highest BCUT2D eigenvalue weighted by Gasteiger charge is 2.22. The predicted octanol–water partition coefficient (Wildman–Crippen LogP) is 1.86. The van der Waals surface area contributed by atoms with Gasteiger partial charge in [-0.15, -0.1) is 0 Å². The van der Waals surface area contributed by atoms with Crippen LogP contribution in [0.4, 0.5) is 11.8 Å². The summed E-state index contributed by atoms with van der Waals surface area (Å²) in [4.78, 5) is 36.2. The predicted molar refractivity (Wildman–Crippen MR) is 105 cm³/mol. The van der Waals surface area contributed by atoms with Crippen LogP contribution in [-0.2, 0) is 0 Å². The van der Waals surface area contributed by atoms with E-state index in [1.807, 2.05) is 17.0 Å². The van der Waals surface area contributed by atoms with Crippen LogP contribution in [0.3, 0.4) is 0 Å². The minimum atomic E-state index is -0.0151. The quantitative estimate of drug-likeness (QED) is 0.737. The Morgan fingerprint density at radius 1 is 0.963 bits per heavy atom. The van der Waals surface area contributed by atoms with Crippen LogP contribution in [0.25, 0.3) is 0 Å². The van der Waals surface area contributed by atoms with E-state index in [4.69, 9.17) is 0 Å². The number of hydrogen-bond acceptors (Lipinski definition) is 7. The number of carbonyl (C=O) groups excluding carboxylic acids is 1. The lowest BCUT2D eigenvalue weighted by molar-refractivity contribution is 0.0749. The van der Waals surface area contributed by atoms with Gasteiger partial charge in [-0.3, -0.25) is 4.79 Å². The van der Waals surface area contributed by atoms with Crippen molar-refractivity contribution in [2.24, 2.45) is 0 Å². The molecule has 144 valence electrons. The Labute approximate surface area is 160 Å². The molecule has 3 heterocycles. The third kappa shape index (κ3) is 4.69. The van der Waals surface area contributed by atoms with Gasteiger partial charge >= 0.3 is 0 Å². The van der Waals surface area contributed by atoms with Gasteiger partial charge < -0.3 is 14.7 Å². The summed E-state index contributed by atoms with van der Waals surface area (Å²) in [6.07, 6.45) is 6.89. The lowest BCUT2D eigenvalue weighted by Crippen LogP contribution is -2.47. The standard InChI is InChI=1S/C19H27N7O/c1-3-8-25(9-4-2)18(27)16-14-17(23-15-22-16)24-10-12-26(13-11-24)19-20-6-5-7-21-19/h5-7,14-15H,3-4,8-13H2,1-2H3. The number of amides is 1. The summed E-state index contributed by atoms with van der Waals surface area (Å²) in [7, 11) is 0. The molecular weight excluding hydrogens is 342 g/mol. The van der Waals surface area contributed by atoms with Gasteiger partial charge in [0, 0.05) is 57.7 Å². The molecule has 0 unspecified atom stereocenters. The molecule has 27 heavy (non-hydrogen) atoms. The molecule has 1 aliphatic rings. The zero-order valence-electron chi connectivity index (χ0n) is 16.1. The lowest BCUT2D eigenvalue weighted by Gasteiger charge is -2.35. The van der Waals surface area contributed by atoms with Gasteiger partial charge in [0.05, 0.1) is 0 Å². The SMILES string of the molecule is CCCN(CCC)C(=O)c1cc(N2CCN(c3ncccn3)CC2)ncn1. The second-order valence-electron chi connectivity index (χ2n) is 6.58. The Morgan fingerprint density at radius 2 is 1.59 bits per heavy atom. The van der Waals surface area contributed by atoms with Crippen molar-refractivity contribution >= 4 is 17.7 Å². The first-order chi connectivity index (χ1) is 13.2. The van der Waals surface area contributed by atoms with Crippen LogP contribution in [0.1, 0.15) is 37.2 Å². The third-order valence-electron chi connectivity index (χ3n) is 4.58. The average Bonchev–Trinajstić information content (AvgIpc) is 2.74. The second-order valence-corrected chi connectivity index (χ2v) is 6.58. The Morgan fingerprint density at radius 3 is 2.22 bits per heavy atom. The smallest absolute Gasteiger partial charge is 0.272 e. The molecule has 0 bridgehead atoms. The molecule has 2 aromatic rings. The molecule has 1 amide bonds. The van der Waals surface area contributed by atoms with E-state index >= 15 is 0 Å². The van der Waals surface area contributed by atoms with E-state index in [9.17, 15) is 4.79 Å². The first kappa shape index (κ1) is 19.0. The first-order valence-electron chi connectivity index (χ1n) is 9.61. The maximum Gasteiger partial charge on any atom is 0.272 e. The molecule has 0 atom stereocenters. The molecule has 1 saturated heterocycles. The summed E-state index contributed by atoms with van der Waals surface area (Å²) in [5.74, 6) is 1.54. The van der Waals surface area contributed by atoms with Crippen molar-refractivity contribution in [3.8, 4) is 0 Å². The van der Waals surface area contributed by atoms with Crippen molar-refractivity contribution in [2.75, 3.05) is 49.1 Å². The average molecular weight is 369 g/mol. The van der Waals surface area contributed by atoms with Gasteiger partial charge in [-0.25, -0.2) is 19.9 Å². The molecular formula is C19H27N7O. The number of aromatic nitrogens is 4. The van der Waals surface area contributed by atoms with Crippen LogP contribution in [0, 0.1) is 0 Å². The van der Waals surface area contributed by atoms with E-state index in [1.165, 1.54) is 6.33 Å². The second kappa shape index (κ2) is 9.25.